The number of carbonyl (C=O) groups is 1. The molecule has 1 amide bonds. The van der Waals surface area contributed by atoms with Crippen LogP contribution in [0.4, 0.5) is 0 Å². The molecule has 2 aliphatic rings. The highest BCUT2D eigenvalue weighted by Gasteiger charge is 2.30. The van der Waals surface area contributed by atoms with Gasteiger partial charge in [0.2, 0.25) is 5.91 Å². The number of nitrogens with one attached hydrogen (secondary N) is 1. The van der Waals surface area contributed by atoms with E-state index in [2.05, 4.69) is 12.2 Å². The van der Waals surface area contributed by atoms with Gasteiger partial charge in [-0.05, 0) is 38.0 Å². The lowest BCUT2D eigenvalue weighted by atomic mass is 9.79. The van der Waals surface area contributed by atoms with Crippen LogP contribution in [0, 0.1) is 11.8 Å². The van der Waals surface area contributed by atoms with Crippen molar-refractivity contribution in [3.8, 4) is 0 Å². The zero-order valence-electron chi connectivity index (χ0n) is 11.0. The van der Waals surface area contributed by atoms with E-state index >= 15 is 0 Å². The molecule has 0 saturated heterocycles. The SMILES string of the molecule is CC1CC(N)CC(C(=O)NC2CCCCC2)C1. The molecule has 0 bridgehead atoms. The average Bonchev–Trinajstić information content (AvgIpc) is 2.29. The van der Waals surface area contributed by atoms with Crippen LogP contribution in [-0.4, -0.2) is 18.0 Å². The zero-order chi connectivity index (χ0) is 12.3. The molecule has 0 aliphatic heterocycles. The molecule has 3 nitrogen and oxygen atoms in total. The number of hydrogen-bond acceptors (Lipinski definition) is 2. The van der Waals surface area contributed by atoms with E-state index in [1.165, 1.54) is 32.1 Å². The first kappa shape index (κ1) is 12.9. The summed E-state index contributed by atoms with van der Waals surface area (Å²) >= 11 is 0. The van der Waals surface area contributed by atoms with Gasteiger partial charge in [-0.25, -0.2) is 0 Å². The summed E-state index contributed by atoms with van der Waals surface area (Å²) in [6.45, 7) is 2.21. The molecule has 3 heteroatoms. The maximum atomic E-state index is 12.2. The predicted molar refractivity (Wildman–Crippen MR) is 69.5 cm³/mol. The van der Waals surface area contributed by atoms with Crippen molar-refractivity contribution < 1.29 is 4.79 Å². The molecule has 2 aliphatic carbocycles. The molecule has 3 atom stereocenters. The summed E-state index contributed by atoms with van der Waals surface area (Å²) < 4.78 is 0. The van der Waals surface area contributed by atoms with Crippen LogP contribution in [0.5, 0.6) is 0 Å². The quantitative estimate of drug-likeness (QED) is 0.775. The fourth-order valence-electron chi connectivity index (χ4n) is 3.44. The van der Waals surface area contributed by atoms with Crippen LogP contribution in [0.2, 0.25) is 0 Å². The Morgan fingerprint density at radius 3 is 2.47 bits per heavy atom. The van der Waals surface area contributed by atoms with Crippen LogP contribution >= 0.6 is 0 Å². The minimum absolute atomic E-state index is 0.163. The summed E-state index contributed by atoms with van der Waals surface area (Å²) in [6, 6.07) is 0.658. The second-order valence-electron chi connectivity index (χ2n) is 6.11. The molecule has 0 heterocycles. The van der Waals surface area contributed by atoms with E-state index in [4.69, 9.17) is 5.73 Å². The Bertz CT molecular complexity index is 251. The van der Waals surface area contributed by atoms with Crippen molar-refractivity contribution >= 4 is 5.91 Å². The average molecular weight is 238 g/mol. The molecule has 3 N–H and O–H groups in total. The number of nitrogens with two attached hydrogens (primary N) is 1. The topological polar surface area (TPSA) is 55.1 Å². The van der Waals surface area contributed by atoms with Crippen molar-refractivity contribution in [2.45, 2.75) is 70.4 Å². The molecule has 0 aromatic carbocycles. The molecule has 0 aromatic rings. The maximum Gasteiger partial charge on any atom is 0.223 e. The lowest BCUT2D eigenvalue weighted by Crippen LogP contribution is -2.44. The zero-order valence-corrected chi connectivity index (χ0v) is 11.0. The Morgan fingerprint density at radius 1 is 1.12 bits per heavy atom. The maximum absolute atomic E-state index is 12.2. The molecule has 17 heavy (non-hydrogen) atoms. The molecule has 0 radical (unpaired) electrons. The van der Waals surface area contributed by atoms with Crippen molar-refractivity contribution in [1.82, 2.24) is 5.32 Å². The number of rotatable bonds is 2. The summed E-state index contributed by atoms with van der Waals surface area (Å²) in [7, 11) is 0. The lowest BCUT2D eigenvalue weighted by molar-refractivity contribution is -0.127. The van der Waals surface area contributed by atoms with Gasteiger partial charge >= 0.3 is 0 Å². The standard InChI is InChI=1S/C14H26N2O/c1-10-7-11(9-12(15)8-10)14(17)16-13-5-3-2-4-6-13/h10-13H,2-9,15H2,1H3,(H,16,17). The largest absolute Gasteiger partial charge is 0.353 e. The third-order valence-corrected chi connectivity index (χ3v) is 4.30. The predicted octanol–water partition coefficient (Wildman–Crippen LogP) is 2.20. The van der Waals surface area contributed by atoms with Gasteiger partial charge in [0.25, 0.3) is 0 Å². The van der Waals surface area contributed by atoms with Gasteiger partial charge < -0.3 is 11.1 Å². The van der Waals surface area contributed by atoms with E-state index in [1.54, 1.807) is 0 Å². The first-order valence-corrected chi connectivity index (χ1v) is 7.21. The van der Waals surface area contributed by atoms with Gasteiger partial charge in [0.05, 0.1) is 0 Å². The number of hydrogen-bond donors (Lipinski definition) is 2. The van der Waals surface area contributed by atoms with Gasteiger partial charge in [0.15, 0.2) is 0 Å². The van der Waals surface area contributed by atoms with Crippen LogP contribution < -0.4 is 11.1 Å². The summed E-state index contributed by atoms with van der Waals surface area (Å²) in [5.74, 6) is 1.02. The fourth-order valence-corrected chi connectivity index (χ4v) is 3.44. The number of carbonyl (C=O) groups excluding carboxylic acids is 1. The highest BCUT2D eigenvalue weighted by molar-refractivity contribution is 5.79. The summed E-state index contributed by atoms with van der Waals surface area (Å²) in [4.78, 5) is 12.2. The van der Waals surface area contributed by atoms with Crippen LogP contribution in [0.15, 0.2) is 0 Å². The van der Waals surface area contributed by atoms with E-state index in [1.807, 2.05) is 0 Å². The second kappa shape index (κ2) is 5.85. The van der Waals surface area contributed by atoms with Crippen molar-refractivity contribution in [2.24, 2.45) is 17.6 Å². The Balaban J connectivity index is 1.81. The van der Waals surface area contributed by atoms with Crippen molar-refractivity contribution in [3.05, 3.63) is 0 Å². The van der Waals surface area contributed by atoms with Crippen LogP contribution in [-0.2, 0) is 4.79 Å². The normalized spacial score (nSPS) is 35.5. The Labute approximate surface area is 105 Å². The van der Waals surface area contributed by atoms with Crippen molar-refractivity contribution in [1.29, 1.82) is 0 Å². The summed E-state index contributed by atoms with van der Waals surface area (Å²) in [5.41, 5.74) is 6.01. The highest BCUT2D eigenvalue weighted by atomic mass is 16.1. The van der Waals surface area contributed by atoms with Gasteiger partial charge in [-0.3, -0.25) is 4.79 Å². The molecule has 98 valence electrons. The van der Waals surface area contributed by atoms with Gasteiger partial charge in [-0.2, -0.15) is 0 Å². The second-order valence-corrected chi connectivity index (χ2v) is 6.11. The van der Waals surface area contributed by atoms with E-state index < -0.39 is 0 Å². The Kier molecular flexibility index (Phi) is 4.43. The van der Waals surface area contributed by atoms with E-state index in [9.17, 15) is 4.79 Å². The van der Waals surface area contributed by atoms with Gasteiger partial charge in [0, 0.05) is 18.0 Å². The minimum atomic E-state index is 0.163. The Morgan fingerprint density at radius 2 is 1.82 bits per heavy atom. The summed E-state index contributed by atoms with van der Waals surface area (Å²) in [6.07, 6.45) is 9.18. The van der Waals surface area contributed by atoms with E-state index in [0.717, 1.165) is 19.3 Å². The van der Waals surface area contributed by atoms with Crippen molar-refractivity contribution in [2.75, 3.05) is 0 Å². The first-order valence-electron chi connectivity index (χ1n) is 7.21. The third-order valence-electron chi connectivity index (χ3n) is 4.30. The van der Waals surface area contributed by atoms with Gasteiger partial charge in [0.1, 0.15) is 0 Å². The highest BCUT2D eigenvalue weighted by Crippen LogP contribution is 2.28. The van der Waals surface area contributed by atoms with Gasteiger partial charge in [-0.1, -0.05) is 26.2 Å². The minimum Gasteiger partial charge on any atom is -0.353 e. The third kappa shape index (κ3) is 3.70. The van der Waals surface area contributed by atoms with Crippen LogP contribution in [0.3, 0.4) is 0 Å². The smallest absolute Gasteiger partial charge is 0.223 e. The lowest BCUT2D eigenvalue weighted by Gasteiger charge is -2.32. The Hall–Kier alpha value is -0.570. The van der Waals surface area contributed by atoms with Crippen molar-refractivity contribution in [3.63, 3.8) is 0 Å². The molecule has 2 fully saturated rings. The molecule has 2 saturated carbocycles. The number of amides is 1. The van der Waals surface area contributed by atoms with Gasteiger partial charge in [-0.15, -0.1) is 0 Å². The molecular formula is C14H26N2O. The summed E-state index contributed by atoms with van der Waals surface area (Å²) in [5, 5.41) is 3.24. The monoisotopic (exact) mass is 238 g/mol. The molecule has 3 unspecified atom stereocenters. The van der Waals surface area contributed by atoms with E-state index in [-0.39, 0.29) is 17.9 Å². The molecule has 2 rings (SSSR count). The van der Waals surface area contributed by atoms with Crippen LogP contribution in [0.25, 0.3) is 0 Å². The first-order chi connectivity index (χ1) is 8.15. The van der Waals surface area contributed by atoms with E-state index in [0.29, 0.717) is 12.0 Å². The molecule has 0 aromatic heterocycles. The fraction of sp³-hybridized carbons (Fsp3) is 0.929. The molecule has 0 spiro atoms. The van der Waals surface area contributed by atoms with Crippen LogP contribution in [0.1, 0.15) is 58.3 Å². The molecular weight excluding hydrogens is 212 g/mol.